The van der Waals surface area contributed by atoms with E-state index in [1.54, 1.807) is 6.92 Å². The van der Waals surface area contributed by atoms with Gasteiger partial charge in [-0.1, -0.05) is 56.5 Å². The van der Waals surface area contributed by atoms with Gasteiger partial charge in [0.25, 0.3) is 5.92 Å². The number of alkyl halides is 5. The molecule has 5 nitrogen and oxygen atoms in total. The second kappa shape index (κ2) is 18.2. The van der Waals surface area contributed by atoms with Crippen LogP contribution in [0.2, 0.25) is 0 Å². The maximum absolute atomic E-state index is 12.8. The van der Waals surface area contributed by atoms with Gasteiger partial charge in [-0.2, -0.15) is 18.3 Å². The molecule has 0 bridgehead atoms. The molecule has 0 fully saturated rings. The Morgan fingerprint density at radius 3 is 1.82 bits per heavy atom. The quantitative estimate of drug-likeness (QED) is 0.178. The molecule has 0 unspecified atom stereocenters. The summed E-state index contributed by atoms with van der Waals surface area (Å²) in [5.41, 5.74) is 0.474. The fourth-order valence-electron chi connectivity index (χ4n) is 2.38. The summed E-state index contributed by atoms with van der Waals surface area (Å²) in [6.45, 7) is 15.7. The molecule has 2 aromatic rings. The van der Waals surface area contributed by atoms with Gasteiger partial charge in [-0.3, -0.25) is 0 Å². The standard InChI is InChI=1S/C14H20N2O2.C10H9F5.C3H8.CH2O/c1-10-5-7-14(8-6-10)18-13(4)16-15-12(3)11(2)9-17;1-6-3-7(9(2,11)12)5-8(4-6)10(13,14)15;1-3-2;1-2/h5-8,11,17H,9H2,1-4H3;3-5H,1-2H3;3H2,1-2H3;1H2/b15-12+,16-13+;;;/t11-;;;/m0.../s1. The van der Waals surface area contributed by atoms with Crippen molar-refractivity contribution in [2.45, 2.75) is 73.9 Å². The highest BCUT2D eigenvalue weighted by Crippen LogP contribution is 2.35. The molecule has 38 heavy (non-hydrogen) atoms. The minimum absolute atomic E-state index is 0.0147. The third kappa shape index (κ3) is 15.9. The van der Waals surface area contributed by atoms with Crippen LogP contribution in [0.15, 0.2) is 52.7 Å². The number of benzene rings is 2. The Labute approximate surface area is 222 Å². The Hall–Kier alpha value is -3.14. The molecule has 1 atom stereocenters. The molecule has 0 amide bonds. The van der Waals surface area contributed by atoms with E-state index in [-0.39, 0.29) is 18.1 Å². The monoisotopic (exact) mass is 546 g/mol. The van der Waals surface area contributed by atoms with E-state index in [0.29, 0.717) is 18.9 Å². The average molecular weight is 547 g/mol. The van der Waals surface area contributed by atoms with Gasteiger partial charge >= 0.3 is 6.18 Å². The first-order chi connectivity index (χ1) is 17.5. The van der Waals surface area contributed by atoms with Gasteiger partial charge in [0.2, 0.25) is 5.90 Å². The predicted octanol–water partition coefficient (Wildman–Crippen LogP) is 8.15. The number of aliphatic hydroxyl groups is 1. The smallest absolute Gasteiger partial charge is 0.416 e. The van der Waals surface area contributed by atoms with E-state index in [9.17, 15) is 22.0 Å². The van der Waals surface area contributed by atoms with Crippen LogP contribution in [-0.2, 0) is 16.9 Å². The number of carbonyl (C=O) groups is 1. The summed E-state index contributed by atoms with van der Waals surface area (Å²) in [5.74, 6) is -2.03. The zero-order valence-corrected chi connectivity index (χ0v) is 23.3. The molecule has 1 N–H and O–H groups in total. The van der Waals surface area contributed by atoms with E-state index >= 15 is 0 Å². The van der Waals surface area contributed by atoms with Gasteiger partial charge in [-0.15, -0.1) is 5.10 Å². The molecule has 0 aliphatic heterocycles. The van der Waals surface area contributed by atoms with Crippen molar-refractivity contribution in [1.82, 2.24) is 0 Å². The molecule has 0 aliphatic rings. The van der Waals surface area contributed by atoms with Crippen molar-refractivity contribution in [2.75, 3.05) is 6.61 Å². The number of halogens is 5. The Balaban J connectivity index is 0. The van der Waals surface area contributed by atoms with Crippen LogP contribution < -0.4 is 4.74 Å². The summed E-state index contributed by atoms with van der Waals surface area (Å²) < 4.78 is 68.1. The molecule has 0 aliphatic carbocycles. The molecule has 0 radical (unpaired) electrons. The number of ether oxygens (including phenoxy) is 1. The van der Waals surface area contributed by atoms with Gasteiger partial charge < -0.3 is 14.6 Å². The van der Waals surface area contributed by atoms with Crippen molar-refractivity contribution in [1.29, 1.82) is 0 Å². The number of carbonyl (C=O) groups excluding carboxylic acids is 1. The largest absolute Gasteiger partial charge is 0.442 e. The van der Waals surface area contributed by atoms with Crippen molar-refractivity contribution in [2.24, 2.45) is 16.1 Å². The predicted molar refractivity (Wildman–Crippen MR) is 143 cm³/mol. The van der Waals surface area contributed by atoms with Crippen molar-refractivity contribution < 1.29 is 36.6 Å². The van der Waals surface area contributed by atoms with Gasteiger partial charge in [-0.25, -0.2) is 8.78 Å². The Morgan fingerprint density at radius 2 is 1.39 bits per heavy atom. The molecule has 2 rings (SSSR count). The Morgan fingerprint density at radius 1 is 0.921 bits per heavy atom. The van der Waals surface area contributed by atoms with E-state index < -0.39 is 23.2 Å². The van der Waals surface area contributed by atoms with Crippen LogP contribution in [0.3, 0.4) is 0 Å². The van der Waals surface area contributed by atoms with Crippen molar-refractivity contribution >= 4 is 18.4 Å². The lowest BCUT2D eigenvalue weighted by Gasteiger charge is -2.14. The van der Waals surface area contributed by atoms with Crippen LogP contribution in [0.4, 0.5) is 22.0 Å². The topological polar surface area (TPSA) is 71.2 Å². The molecule has 0 saturated heterocycles. The lowest BCUT2D eigenvalue weighted by Crippen LogP contribution is -2.12. The highest BCUT2D eigenvalue weighted by Gasteiger charge is 2.34. The van der Waals surface area contributed by atoms with E-state index in [0.717, 1.165) is 23.6 Å². The van der Waals surface area contributed by atoms with Crippen molar-refractivity contribution in [3.8, 4) is 5.75 Å². The maximum Gasteiger partial charge on any atom is 0.416 e. The summed E-state index contributed by atoms with van der Waals surface area (Å²) in [6, 6.07) is 10.1. The molecule has 2 aromatic carbocycles. The first-order valence-corrected chi connectivity index (χ1v) is 11.8. The summed E-state index contributed by atoms with van der Waals surface area (Å²) >= 11 is 0. The third-order valence-corrected chi connectivity index (χ3v) is 4.53. The van der Waals surface area contributed by atoms with E-state index in [1.807, 2.05) is 51.8 Å². The van der Waals surface area contributed by atoms with Crippen LogP contribution >= 0.6 is 0 Å². The molecule has 10 heteroatoms. The SMILES string of the molecule is C/C(=N\N=C(/C)[C@@H](C)CO)Oc1ccc(C)cc1.C=O.CCC.Cc1cc(C(C)(F)F)cc(C(F)(F)F)c1. The Bertz CT molecular complexity index is 967. The number of aliphatic hydroxyl groups excluding tert-OH is 1. The van der Waals surface area contributed by atoms with Crippen LogP contribution in [0.1, 0.15) is 70.2 Å². The van der Waals surface area contributed by atoms with Crippen LogP contribution in [-0.4, -0.2) is 30.1 Å². The number of rotatable bonds is 5. The highest BCUT2D eigenvalue weighted by atomic mass is 19.4. The van der Waals surface area contributed by atoms with Crippen LogP contribution in [0.25, 0.3) is 0 Å². The van der Waals surface area contributed by atoms with Crippen LogP contribution in [0.5, 0.6) is 5.75 Å². The third-order valence-electron chi connectivity index (χ3n) is 4.53. The molecule has 0 saturated carbocycles. The normalized spacial score (nSPS) is 12.6. The van der Waals surface area contributed by atoms with E-state index in [1.165, 1.54) is 18.9 Å². The molecular formula is C28H39F5N2O3. The average Bonchev–Trinajstić information content (AvgIpc) is 2.84. The fraction of sp³-hybridized carbons (Fsp3) is 0.464. The lowest BCUT2D eigenvalue weighted by atomic mass is 10.0. The highest BCUT2D eigenvalue weighted by molar-refractivity contribution is 5.85. The summed E-state index contributed by atoms with van der Waals surface area (Å²) in [4.78, 5) is 8.00. The van der Waals surface area contributed by atoms with Gasteiger partial charge in [0.15, 0.2) is 0 Å². The first-order valence-electron chi connectivity index (χ1n) is 11.8. The first kappa shape index (κ1) is 37.0. The Kier molecular flexibility index (Phi) is 17.7. The fourth-order valence-corrected chi connectivity index (χ4v) is 2.38. The van der Waals surface area contributed by atoms with Crippen molar-refractivity contribution in [3.05, 3.63) is 64.7 Å². The molecular weight excluding hydrogens is 507 g/mol. The number of aryl methyl sites for hydroxylation is 2. The van der Waals surface area contributed by atoms with Crippen LogP contribution in [0, 0.1) is 19.8 Å². The van der Waals surface area contributed by atoms with E-state index in [2.05, 4.69) is 24.1 Å². The number of hydrogen-bond donors (Lipinski definition) is 1. The zero-order chi connectivity index (χ0) is 30.1. The zero-order valence-electron chi connectivity index (χ0n) is 23.3. The molecule has 0 spiro atoms. The summed E-state index contributed by atoms with van der Waals surface area (Å²) in [7, 11) is 0. The second-order valence-corrected chi connectivity index (χ2v) is 8.54. The summed E-state index contributed by atoms with van der Waals surface area (Å²) in [5, 5.41) is 17.0. The van der Waals surface area contributed by atoms with Gasteiger partial charge in [0.1, 0.15) is 12.5 Å². The maximum atomic E-state index is 12.8. The lowest BCUT2D eigenvalue weighted by molar-refractivity contribution is -0.137. The van der Waals surface area contributed by atoms with Gasteiger partial charge in [0, 0.05) is 31.0 Å². The van der Waals surface area contributed by atoms with E-state index in [4.69, 9.17) is 14.6 Å². The van der Waals surface area contributed by atoms with Crippen molar-refractivity contribution in [3.63, 3.8) is 0 Å². The van der Waals surface area contributed by atoms with Gasteiger partial charge in [-0.05, 0) is 45.0 Å². The minimum Gasteiger partial charge on any atom is -0.442 e. The minimum atomic E-state index is -4.59. The molecule has 214 valence electrons. The van der Waals surface area contributed by atoms with Gasteiger partial charge in [0.05, 0.1) is 12.2 Å². The number of nitrogens with zero attached hydrogens (tertiary/aromatic N) is 2. The number of hydrogen-bond acceptors (Lipinski definition) is 5. The molecule has 0 aromatic heterocycles. The summed E-state index contributed by atoms with van der Waals surface area (Å²) in [6.07, 6.45) is -3.34. The molecule has 0 heterocycles. The second-order valence-electron chi connectivity index (χ2n) is 8.54.